The highest BCUT2D eigenvalue weighted by atomic mass is 16.5. The highest BCUT2D eigenvalue weighted by Gasteiger charge is 2.30. The second-order valence-electron chi connectivity index (χ2n) is 5.34. The van der Waals surface area contributed by atoms with Crippen LogP contribution in [0.15, 0.2) is 41.1 Å². The van der Waals surface area contributed by atoms with Crippen LogP contribution >= 0.6 is 0 Å². The average Bonchev–Trinajstić information content (AvgIpc) is 3.27. The van der Waals surface area contributed by atoms with Gasteiger partial charge in [0.15, 0.2) is 0 Å². The fourth-order valence-electron chi connectivity index (χ4n) is 2.36. The molecule has 1 aromatic carbocycles. The number of pyridine rings is 1. The van der Waals surface area contributed by atoms with E-state index in [4.69, 9.17) is 4.52 Å². The maximum Gasteiger partial charge on any atom is 0.234 e. The zero-order chi connectivity index (χ0) is 14.2. The number of rotatable bonds is 4. The Morgan fingerprint density at radius 3 is 3.05 bits per heavy atom. The Balaban J connectivity index is 1.62. The maximum atomic E-state index is 11.8. The fourth-order valence-corrected chi connectivity index (χ4v) is 2.36. The maximum absolute atomic E-state index is 11.8. The first-order valence-corrected chi connectivity index (χ1v) is 7.00. The number of fused-ring (bicyclic) bond motifs is 1. The van der Waals surface area contributed by atoms with E-state index in [0.717, 1.165) is 29.3 Å². The molecule has 5 heteroatoms. The van der Waals surface area contributed by atoms with Gasteiger partial charge in [-0.3, -0.25) is 9.78 Å². The molecule has 2 heterocycles. The minimum absolute atomic E-state index is 0.202. The molecule has 0 aliphatic heterocycles. The van der Waals surface area contributed by atoms with Gasteiger partial charge in [0.05, 0.1) is 11.9 Å². The summed E-state index contributed by atoms with van der Waals surface area (Å²) in [6.07, 6.45) is 4.00. The summed E-state index contributed by atoms with van der Waals surface area (Å²) in [5.41, 5.74) is 1.79. The van der Waals surface area contributed by atoms with Gasteiger partial charge in [0.25, 0.3) is 0 Å². The van der Waals surface area contributed by atoms with Gasteiger partial charge in [-0.1, -0.05) is 11.2 Å². The third kappa shape index (κ3) is 2.42. The van der Waals surface area contributed by atoms with Gasteiger partial charge in [0, 0.05) is 23.1 Å². The van der Waals surface area contributed by atoms with Crippen molar-refractivity contribution in [1.29, 1.82) is 0 Å². The van der Waals surface area contributed by atoms with Crippen molar-refractivity contribution in [1.82, 2.24) is 15.1 Å². The lowest BCUT2D eigenvalue weighted by Crippen LogP contribution is -2.04. The Kier molecular flexibility index (Phi) is 2.77. The molecule has 0 amide bonds. The van der Waals surface area contributed by atoms with Gasteiger partial charge in [-0.2, -0.15) is 4.98 Å². The summed E-state index contributed by atoms with van der Waals surface area (Å²) in [6.45, 7) is 0. The monoisotopic (exact) mass is 279 g/mol. The number of carbonyl (C=O) groups excluding carboxylic acids is 1. The Bertz CT molecular complexity index is 821. The van der Waals surface area contributed by atoms with Crippen LogP contribution in [0.3, 0.4) is 0 Å². The molecule has 0 unspecified atom stereocenters. The van der Waals surface area contributed by atoms with Gasteiger partial charge < -0.3 is 4.52 Å². The SMILES string of the molecule is O=C(Cc1nc(-c2ccc3ncccc3c2)no1)C1CC1. The van der Waals surface area contributed by atoms with E-state index in [2.05, 4.69) is 15.1 Å². The molecular formula is C16H13N3O2. The van der Waals surface area contributed by atoms with Crippen LogP contribution in [0.5, 0.6) is 0 Å². The first-order chi connectivity index (χ1) is 10.3. The predicted octanol–water partition coefficient (Wildman–Crippen LogP) is 2.81. The van der Waals surface area contributed by atoms with Gasteiger partial charge in [-0.25, -0.2) is 0 Å². The van der Waals surface area contributed by atoms with Crippen molar-refractivity contribution in [2.24, 2.45) is 5.92 Å². The molecule has 1 aliphatic rings. The number of Topliss-reactive ketones (excluding diaryl/α,β-unsaturated/α-hetero) is 1. The number of ketones is 1. The molecule has 0 spiro atoms. The summed E-state index contributed by atoms with van der Waals surface area (Å²) >= 11 is 0. The quantitative estimate of drug-likeness (QED) is 0.734. The van der Waals surface area contributed by atoms with Gasteiger partial charge in [0.1, 0.15) is 5.78 Å². The second kappa shape index (κ2) is 4.77. The Morgan fingerprint density at radius 1 is 1.29 bits per heavy atom. The van der Waals surface area contributed by atoms with Gasteiger partial charge in [-0.15, -0.1) is 0 Å². The molecule has 1 fully saturated rings. The Labute approximate surface area is 121 Å². The standard InChI is InChI=1S/C16H13N3O2/c20-14(10-3-4-10)9-15-18-16(19-21-15)12-5-6-13-11(8-12)2-1-7-17-13/h1-2,5-8,10H,3-4,9H2. The molecule has 5 nitrogen and oxygen atoms in total. The van der Waals surface area contributed by atoms with Crippen LogP contribution in [0, 0.1) is 5.92 Å². The predicted molar refractivity (Wildman–Crippen MR) is 76.5 cm³/mol. The topological polar surface area (TPSA) is 68.9 Å². The smallest absolute Gasteiger partial charge is 0.234 e. The normalized spacial score (nSPS) is 14.5. The van der Waals surface area contributed by atoms with E-state index in [1.54, 1.807) is 6.20 Å². The molecule has 3 aromatic rings. The minimum Gasteiger partial charge on any atom is -0.339 e. The van der Waals surface area contributed by atoms with Crippen molar-refractivity contribution < 1.29 is 9.32 Å². The number of aromatic nitrogens is 3. The number of benzene rings is 1. The lowest BCUT2D eigenvalue weighted by atomic mass is 10.1. The van der Waals surface area contributed by atoms with Crippen molar-refractivity contribution in [3.8, 4) is 11.4 Å². The van der Waals surface area contributed by atoms with Crippen molar-refractivity contribution >= 4 is 16.7 Å². The third-order valence-corrected chi connectivity index (χ3v) is 3.69. The second-order valence-corrected chi connectivity index (χ2v) is 5.34. The summed E-state index contributed by atoms with van der Waals surface area (Å²) in [5, 5.41) is 4.99. The molecule has 21 heavy (non-hydrogen) atoms. The van der Waals surface area contributed by atoms with Crippen molar-refractivity contribution in [3.05, 3.63) is 42.4 Å². The van der Waals surface area contributed by atoms with E-state index < -0.39 is 0 Å². The summed E-state index contributed by atoms with van der Waals surface area (Å²) < 4.78 is 5.18. The Morgan fingerprint density at radius 2 is 2.19 bits per heavy atom. The van der Waals surface area contributed by atoms with Gasteiger partial charge in [-0.05, 0) is 37.1 Å². The largest absolute Gasteiger partial charge is 0.339 e. The summed E-state index contributed by atoms with van der Waals surface area (Å²) in [6, 6.07) is 9.69. The van der Waals surface area contributed by atoms with E-state index in [1.165, 1.54) is 0 Å². The van der Waals surface area contributed by atoms with Crippen LogP contribution in [0.4, 0.5) is 0 Å². The highest BCUT2D eigenvalue weighted by Crippen LogP contribution is 2.31. The molecule has 4 rings (SSSR count). The van der Waals surface area contributed by atoms with Crippen molar-refractivity contribution in [3.63, 3.8) is 0 Å². The van der Waals surface area contributed by atoms with Crippen LogP contribution in [0.25, 0.3) is 22.3 Å². The zero-order valence-electron chi connectivity index (χ0n) is 11.3. The number of hydrogen-bond acceptors (Lipinski definition) is 5. The molecular weight excluding hydrogens is 266 g/mol. The number of nitrogens with zero attached hydrogens (tertiary/aromatic N) is 3. The van der Waals surface area contributed by atoms with Crippen LogP contribution in [0.2, 0.25) is 0 Å². The molecule has 2 aromatic heterocycles. The van der Waals surface area contributed by atoms with Gasteiger partial charge in [0.2, 0.25) is 11.7 Å². The minimum atomic E-state index is 0.202. The lowest BCUT2D eigenvalue weighted by molar-refractivity contribution is -0.119. The lowest BCUT2D eigenvalue weighted by Gasteiger charge is -1.98. The molecule has 104 valence electrons. The highest BCUT2D eigenvalue weighted by molar-refractivity contribution is 5.85. The van der Waals surface area contributed by atoms with Crippen LogP contribution in [0.1, 0.15) is 18.7 Å². The molecule has 1 aliphatic carbocycles. The number of carbonyl (C=O) groups is 1. The van der Waals surface area contributed by atoms with Gasteiger partial charge >= 0.3 is 0 Å². The van der Waals surface area contributed by atoms with Crippen molar-refractivity contribution in [2.45, 2.75) is 19.3 Å². The summed E-state index contributed by atoms with van der Waals surface area (Å²) in [5.74, 6) is 1.33. The first-order valence-electron chi connectivity index (χ1n) is 7.00. The molecule has 0 bridgehead atoms. The van der Waals surface area contributed by atoms with E-state index in [1.807, 2.05) is 30.3 Å². The van der Waals surface area contributed by atoms with Crippen molar-refractivity contribution in [2.75, 3.05) is 0 Å². The number of hydrogen-bond donors (Lipinski definition) is 0. The van der Waals surface area contributed by atoms with Crippen LogP contribution < -0.4 is 0 Å². The molecule has 0 radical (unpaired) electrons. The third-order valence-electron chi connectivity index (χ3n) is 3.69. The van der Waals surface area contributed by atoms with E-state index in [0.29, 0.717) is 11.7 Å². The molecule has 1 saturated carbocycles. The van der Waals surface area contributed by atoms with E-state index >= 15 is 0 Å². The summed E-state index contributed by atoms with van der Waals surface area (Å²) in [7, 11) is 0. The zero-order valence-corrected chi connectivity index (χ0v) is 11.3. The molecule has 0 atom stereocenters. The Hall–Kier alpha value is -2.56. The average molecular weight is 279 g/mol. The molecule has 0 saturated heterocycles. The molecule has 0 N–H and O–H groups in total. The fraction of sp³-hybridized carbons (Fsp3) is 0.250. The first kappa shape index (κ1) is 12.2. The van der Waals surface area contributed by atoms with E-state index in [-0.39, 0.29) is 18.1 Å². The van der Waals surface area contributed by atoms with Crippen LogP contribution in [-0.4, -0.2) is 20.9 Å². The summed E-state index contributed by atoms with van der Waals surface area (Å²) in [4.78, 5) is 20.4. The van der Waals surface area contributed by atoms with Crippen LogP contribution in [-0.2, 0) is 11.2 Å². The van der Waals surface area contributed by atoms with E-state index in [9.17, 15) is 4.79 Å².